The van der Waals surface area contributed by atoms with Crippen LogP contribution in [0.1, 0.15) is 46.0 Å². The maximum Gasteiger partial charge on any atom is 0.330 e. The molecule has 4 aliphatic rings. The first-order valence-corrected chi connectivity index (χ1v) is 15.9. The van der Waals surface area contributed by atoms with Crippen LogP contribution in [0.2, 0.25) is 0 Å². The van der Waals surface area contributed by atoms with Crippen LogP contribution in [0.5, 0.6) is 0 Å². The molecule has 2 bridgehead atoms. The van der Waals surface area contributed by atoms with E-state index in [9.17, 15) is 40.2 Å². The van der Waals surface area contributed by atoms with Crippen LogP contribution in [-0.4, -0.2) is 122 Å². The molecule has 8 N–H and O–H groups in total. The van der Waals surface area contributed by atoms with E-state index in [0.29, 0.717) is 6.42 Å². The van der Waals surface area contributed by atoms with Crippen LogP contribution in [0.25, 0.3) is 0 Å². The first-order chi connectivity index (χ1) is 22.3. The minimum Gasteiger partial charge on any atom is -0.481 e. The number of carboxylic acid groups (broad SMARTS) is 1. The lowest BCUT2D eigenvalue weighted by Gasteiger charge is -2.45. The molecule has 0 aliphatic carbocycles. The lowest BCUT2D eigenvalue weighted by molar-refractivity contribution is -0.308. The Morgan fingerprint density at radius 2 is 1.64 bits per heavy atom. The minimum absolute atomic E-state index is 0.0789. The molecule has 0 radical (unpaired) electrons. The van der Waals surface area contributed by atoms with E-state index in [1.54, 1.807) is 56.4 Å². The van der Waals surface area contributed by atoms with Crippen molar-refractivity contribution in [3.63, 3.8) is 0 Å². The van der Waals surface area contributed by atoms with Gasteiger partial charge in [-0.05, 0) is 19.9 Å². The van der Waals surface area contributed by atoms with Crippen LogP contribution in [0.3, 0.4) is 0 Å². The maximum atomic E-state index is 12.3. The Morgan fingerprint density at radius 1 is 0.936 bits per heavy atom. The zero-order chi connectivity index (χ0) is 34.3. The molecule has 0 aromatic rings. The van der Waals surface area contributed by atoms with Gasteiger partial charge in [-0.2, -0.15) is 0 Å². The summed E-state index contributed by atoms with van der Waals surface area (Å²) in [5, 5.41) is 63.9. The third-order valence-electron chi connectivity index (χ3n) is 8.58. The fourth-order valence-electron chi connectivity index (χ4n) is 6.00. The molecule has 14 atom stereocenters. The van der Waals surface area contributed by atoms with Crippen LogP contribution >= 0.6 is 0 Å². The highest BCUT2D eigenvalue weighted by Crippen LogP contribution is 2.39. The van der Waals surface area contributed by atoms with Crippen LogP contribution in [0.4, 0.5) is 0 Å². The van der Waals surface area contributed by atoms with Gasteiger partial charge in [0, 0.05) is 38.2 Å². The third-order valence-corrected chi connectivity index (χ3v) is 8.58. The fraction of sp³-hybridized carbons (Fsp3) is 0.636. The second-order valence-corrected chi connectivity index (χ2v) is 12.6. The first-order valence-electron chi connectivity index (χ1n) is 15.9. The van der Waals surface area contributed by atoms with Crippen molar-refractivity contribution < 1.29 is 63.9 Å². The zero-order valence-corrected chi connectivity index (χ0v) is 26.4. The molecule has 14 nitrogen and oxygen atoms in total. The van der Waals surface area contributed by atoms with Crippen molar-refractivity contribution in [3.05, 3.63) is 60.8 Å². The number of ether oxygens (including phenoxy) is 5. The molecule has 0 unspecified atom stereocenters. The molecule has 0 amide bonds. The van der Waals surface area contributed by atoms with E-state index in [-0.39, 0.29) is 25.4 Å². The Hall–Kier alpha value is -2.76. The number of fused-ring (bicyclic) bond motifs is 3. The summed E-state index contributed by atoms with van der Waals surface area (Å²) in [6.45, 7) is 3.34. The Morgan fingerprint density at radius 3 is 2.36 bits per heavy atom. The van der Waals surface area contributed by atoms with Crippen LogP contribution in [0, 0.1) is 5.92 Å². The summed E-state index contributed by atoms with van der Waals surface area (Å²) in [6.07, 6.45) is 5.25. The van der Waals surface area contributed by atoms with Gasteiger partial charge >= 0.3 is 11.9 Å². The quantitative estimate of drug-likeness (QED) is 0.157. The average Bonchev–Trinajstić information content (AvgIpc) is 3.72. The molecule has 0 spiro atoms. The van der Waals surface area contributed by atoms with Gasteiger partial charge in [-0.1, -0.05) is 48.6 Å². The Bertz CT molecular complexity index is 1220. The molecule has 3 saturated heterocycles. The molecule has 4 heterocycles. The monoisotopic (exact) mass is 665 g/mol. The highest BCUT2D eigenvalue weighted by molar-refractivity contribution is 5.82. The van der Waals surface area contributed by atoms with E-state index in [4.69, 9.17) is 29.4 Å². The van der Waals surface area contributed by atoms with E-state index >= 15 is 0 Å². The molecule has 4 aliphatic heterocycles. The molecule has 0 saturated carbocycles. The number of aliphatic hydroxyl groups is 5. The molecule has 4 rings (SSSR count). The lowest BCUT2D eigenvalue weighted by Crippen LogP contribution is -2.61. The van der Waals surface area contributed by atoms with Gasteiger partial charge in [0.05, 0.1) is 48.8 Å². The standard InChI is InChI=1S/C33H47NO13/c1-18-10-8-6-4-3-5-7-9-11-21(45-32-30(39)28(34)29(38)19(2)44-32)15-25-27(31(40)41)22(36)17-33(42,47-25)16-20(35)14-24-23(46-24)12-13-26(37)43-18/h3-9,11-13,18-25,27-30,32,35-36,38-39,42H,10,14-17,34H2,1-2H3,(H,40,41)/b4-3+,7-5+,8-6-,11-9+,13-12+/t18-,19-,20+,21+,22+,23-,24-,25+,27-,28+,29-,30+,32+,33-/m1/s1. The molecule has 0 aromatic carbocycles. The van der Waals surface area contributed by atoms with E-state index in [1.807, 2.05) is 6.08 Å². The van der Waals surface area contributed by atoms with Crippen LogP contribution < -0.4 is 5.73 Å². The summed E-state index contributed by atoms with van der Waals surface area (Å²) < 4.78 is 28.5. The summed E-state index contributed by atoms with van der Waals surface area (Å²) in [6, 6.07) is -1.08. The number of aliphatic hydroxyl groups excluding tert-OH is 4. The Labute approximate surface area is 273 Å². The van der Waals surface area contributed by atoms with Crippen molar-refractivity contribution in [2.45, 2.75) is 125 Å². The number of aliphatic carboxylic acids is 1. The number of epoxide rings is 1. The summed E-state index contributed by atoms with van der Waals surface area (Å²) in [7, 11) is 0. The average molecular weight is 666 g/mol. The second kappa shape index (κ2) is 16.6. The van der Waals surface area contributed by atoms with E-state index in [0.717, 1.165) is 0 Å². The Balaban J connectivity index is 1.58. The number of allylic oxidation sites excluding steroid dienone is 6. The molecular formula is C33H47NO13. The van der Waals surface area contributed by atoms with E-state index in [2.05, 4.69) is 0 Å². The van der Waals surface area contributed by atoms with E-state index in [1.165, 1.54) is 12.2 Å². The SMILES string of the molecule is C[C@@H]1C\C=C/C=C/C=C/C=C/[C@H](O[C@@H]2O[C@H](C)[C@@H](O)[C@H](N)[C@@H]2O)C[C@@H]2O[C@](O)(C[C@@H](O)C[C@H]3O[C@@H]3/C=C/C(=O)O1)C[C@H](O)[C@H]2C(=O)O. The van der Waals surface area contributed by atoms with Gasteiger partial charge in [0.1, 0.15) is 24.2 Å². The van der Waals surface area contributed by atoms with Gasteiger partial charge in [-0.3, -0.25) is 4.79 Å². The number of cyclic esters (lactones) is 1. The van der Waals surface area contributed by atoms with Gasteiger partial charge in [-0.25, -0.2) is 4.79 Å². The number of carbonyl (C=O) groups is 2. The fourth-order valence-corrected chi connectivity index (χ4v) is 6.00. The third kappa shape index (κ3) is 10.6. The highest BCUT2D eigenvalue weighted by atomic mass is 16.7. The predicted molar refractivity (Wildman–Crippen MR) is 165 cm³/mol. The van der Waals surface area contributed by atoms with Crippen molar-refractivity contribution in [1.82, 2.24) is 0 Å². The molecule has 262 valence electrons. The van der Waals surface area contributed by atoms with Crippen molar-refractivity contribution in [1.29, 1.82) is 0 Å². The van der Waals surface area contributed by atoms with Crippen molar-refractivity contribution in [2.75, 3.05) is 0 Å². The number of hydrogen-bond acceptors (Lipinski definition) is 13. The smallest absolute Gasteiger partial charge is 0.330 e. The first kappa shape index (κ1) is 37.1. The normalized spacial score (nSPS) is 47.2. The number of carbonyl (C=O) groups excluding carboxylic acids is 1. The van der Waals surface area contributed by atoms with Gasteiger partial charge < -0.3 is 60.1 Å². The van der Waals surface area contributed by atoms with Gasteiger partial charge in [0.25, 0.3) is 0 Å². The number of hydrogen-bond donors (Lipinski definition) is 7. The minimum atomic E-state index is -2.10. The summed E-state index contributed by atoms with van der Waals surface area (Å²) in [4.78, 5) is 24.4. The molecule has 14 heteroatoms. The largest absolute Gasteiger partial charge is 0.481 e. The molecule has 0 aromatic heterocycles. The summed E-state index contributed by atoms with van der Waals surface area (Å²) >= 11 is 0. The van der Waals surface area contributed by atoms with Gasteiger partial charge in [-0.15, -0.1) is 0 Å². The number of carboxylic acids is 1. The lowest BCUT2D eigenvalue weighted by atomic mass is 9.83. The van der Waals surface area contributed by atoms with Crippen LogP contribution in [-0.2, 0) is 33.3 Å². The van der Waals surface area contributed by atoms with Gasteiger partial charge in [0.15, 0.2) is 12.1 Å². The summed E-state index contributed by atoms with van der Waals surface area (Å²) in [5.41, 5.74) is 5.98. The molecule has 47 heavy (non-hydrogen) atoms. The predicted octanol–water partition coefficient (Wildman–Crippen LogP) is 0.120. The van der Waals surface area contributed by atoms with Crippen molar-refractivity contribution in [2.24, 2.45) is 11.7 Å². The van der Waals surface area contributed by atoms with Crippen LogP contribution in [0.15, 0.2) is 60.8 Å². The number of rotatable bonds is 3. The number of nitrogens with two attached hydrogens (primary N) is 1. The van der Waals surface area contributed by atoms with Crippen molar-refractivity contribution in [3.8, 4) is 0 Å². The van der Waals surface area contributed by atoms with Crippen molar-refractivity contribution >= 4 is 11.9 Å². The topological polar surface area (TPSA) is 231 Å². The maximum absolute atomic E-state index is 12.3. The molecular weight excluding hydrogens is 618 g/mol. The number of esters is 1. The Kier molecular flexibility index (Phi) is 13.1. The zero-order valence-electron chi connectivity index (χ0n) is 26.4. The summed E-state index contributed by atoms with van der Waals surface area (Å²) in [5.74, 6) is -5.45. The molecule has 3 fully saturated rings. The van der Waals surface area contributed by atoms with Gasteiger partial charge in [0.2, 0.25) is 0 Å². The van der Waals surface area contributed by atoms with E-state index < -0.39 is 97.3 Å². The second-order valence-electron chi connectivity index (χ2n) is 12.6. The highest BCUT2D eigenvalue weighted by Gasteiger charge is 2.51.